The molecule has 0 bridgehead atoms. The van der Waals surface area contributed by atoms with Crippen molar-refractivity contribution in [3.8, 4) is 11.1 Å². The molecule has 1 aliphatic carbocycles. The van der Waals surface area contributed by atoms with Crippen molar-refractivity contribution in [2.75, 3.05) is 0 Å². The van der Waals surface area contributed by atoms with E-state index in [1.807, 2.05) is 0 Å². The fourth-order valence-corrected chi connectivity index (χ4v) is 2.93. The first-order chi connectivity index (χ1) is 12.7. The molecule has 2 aromatic rings. The van der Waals surface area contributed by atoms with Crippen molar-refractivity contribution in [1.82, 2.24) is 0 Å². The highest BCUT2D eigenvalue weighted by atomic mass is 19.2. The second kappa shape index (κ2) is 6.72. The molecule has 27 heavy (non-hydrogen) atoms. The molecular formula is C19H12BF3N2O2. The van der Waals surface area contributed by atoms with Gasteiger partial charge >= 0.3 is 5.97 Å². The van der Waals surface area contributed by atoms with E-state index in [9.17, 15) is 18.0 Å². The molecule has 1 aliphatic rings. The first-order valence-electron chi connectivity index (χ1n) is 7.81. The number of allylic oxidation sites excluding steroid dienone is 3. The van der Waals surface area contributed by atoms with Gasteiger partial charge in [0.15, 0.2) is 11.6 Å². The molecule has 0 amide bonds. The van der Waals surface area contributed by atoms with Crippen molar-refractivity contribution in [2.24, 2.45) is 0 Å². The van der Waals surface area contributed by atoms with Gasteiger partial charge in [0.05, 0.1) is 22.6 Å². The Hall–Kier alpha value is -3.42. The van der Waals surface area contributed by atoms with E-state index in [4.69, 9.17) is 15.9 Å². The van der Waals surface area contributed by atoms with Crippen LogP contribution in [-0.4, -0.2) is 30.3 Å². The summed E-state index contributed by atoms with van der Waals surface area (Å²) in [5.41, 5.74) is -2.83. The van der Waals surface area contributed by atoms with Crippen LogP contribution in [0.15, 0.2) is 48.1 Å². The van der Waals surface area contributed by atoms with E-state index in [1.54, 1.807) is 18.2 Å². The molecule has 8 heteroatoms. The normalized spacial score (nSPS) is 14.0. The van der Waals surface area contributed by atoms with E-state index in [0.717, 1.165) is 12.2 Å². The third kappa shape index (κ3) is 2.99. The molecule has 134 valence electrons. The van der Waals surface area contributed by atoms with Gasteiger partial charge in [0.25, 0.3) is 0 Å². The molecule has 2 aromatic carbocycles. The summed E-state index contributed by atoms with van der Waals surface area (Å²) in [5, 5.41) is 24.5. The lowest BCUT2D eigenvalue weighted by Crippen LogP contribution is -2.25. The number of hydrogen-bond acceptors (Lipinski definition) is 3. The lowest BCUT2D eigenvalue weighted by Gasteiger charge is -2.18. The Morgan fingerprint density at radius 2 is 1.52 bits per heavy atom. The Morgan fingerprint density at radius 1 is 0.926 bits per heavy atom. The summed E-state index contributed by atoms with van der Waals surface area (Å²) in [5.74, 6) is -5.22. The summed E-state index contributed by atoms with van der Waals surface area (Å²) in [6.07, 6.45) is 1.95. The van der Waals surface area contributed by atoms with Gasteiger partial charge in [-0.1, -0.05) is 30.3 Å². The summed E-state index contributed by atoms with van der Waals surface area (Å²) in [6.45, 7) is 0. The molecule has 0 saturated carbocycles. The van der Waals surface area contributed by atoms with Crippen LogP contribution in [0.4, 0.5) is 13.2 Å². The number of halogens is 3. The van der Waals surface area contributed by atoms with Crippen molar-refractivity contribution in [3.05, 3.63) is 71.1 Å². The van der Waals surface area contributed by atoms with Gasteiger partial charge in [0.1, 0.15) is 13.7 Å². The number of nitrogens with one attached hydrogen (secondary N) is 2. The number of hydrogen-bond donors (Lipinski definition) is 3. The molecule has 0 spiro atoms. The van der Waals surface area contributed by atoms with Crippen molar-refractivity contribution < 1.29 is 23.1 Å². The van der Waals surface area contributed by atoms with Gasteiger partial charge in [-0.15, -0.1) is 0 Å². The van der Waals surface area contributed by atoms with Crippen LogP contribution in [0.5, 0.6) is 0 Å². The van der Waals surface area contributed by atoms with Gasteiger partial charge in [0.2, 0.25) is 0 Å². The number of carbonyl (C=O) groups is 1. The maximum absolute atomic E-state index is 14.9. The lowest BCUT2D eigenvalue weighted by molar-refractivity contribution is -0.132. The number of rotatable bonds is 3. The zero-order valence-corrected chi connectivity index (χ0v) is 14.0. The standard InChI is InChI=1S/C19H12BF3N2O2/c20-14-12(9-6-10(19(26)27)18(25)11(24)7-9)16(22)17(23)13(15(14)21)8-4-2-1-3-5-8/h1-7,24-25H,20H2,(H,26,27). The van der Waals surface area contributed by atoms with Crippen molar-refractivity contribution in [2.45, 2.75) is 0 Å². The largest absolute Gasteiger partial charge is 0.478 e. The number of benzene rings is 2. The second-order valence-electron chi connectivity index (χ2n) is 5.93. The predicted octanol–water partition coefficient (Wildman–Crippen LogP) is 2.48. The summed E-state index contributed by atoms with van der Waals surface area (Å²) in [7, 11) is 1.25. The SMILES string of the molecule is Bc1c(F)c(-c2ccccc2)c(F)c(F)c1C1=CC(=N)C(=N)C(C(=O)O)=C1. The Kier molecular flexibility index (Phi) is 4.57. The van der Waals surface area contributed by atoms with Gasteiger partial charge in [0, 0.05) is 5.56 Å². The van der Waals surface area contributed by atoms with Crippen LogP contribution in [0, 0.1) is 28.3 Å². The second-order valence-corrected chi connectivity index (χ2v) is 5.93. The van der Waals surface area contributed by atoms with Crippen LogP contribution in [0.3, 0.4) is 0 Å². The summed E-state index contributed by atoms with van der Waals surface area (Å²) >= 11 is 0. The predicted molar refractivity (Wildman–Crippen MR) is 99.1 cm³/mol. The van der Waals surface area contributed by atoms with E-state index in [2.05, 4.69) is 0 Å². The van der Waals surface area contributed by atoms with E-state index >= 15 is 0 Å². The Labute approximate surface area is 153 Å². The maximum Gasteiger partial charge on any atom is 0.337 e. The summed E-state index contributed by atoms with van der Waals surface area (Å²) in [6, 6.07) is 7.67. The van der Waals surface area contributed by atoms with Crippen LogP contribution in [0.2, 0.25) is 0 Å². The molecule has 0 aliphatic heterocycles. The van der Waals surface area contributed by atoms with Crippen LogP contribution < -0.4 is 5.46 Å². The van der Waals surface area contributed by atoms with Gasteiger partial charge in [-0.2, -0.15) is 0 Å². The molecule has 4 nitrogen and oxygen atoms in total. The fourth-order valence-electron chi connectivity index (χ4n) is 2.93. The highest BCUT2D eigenvalue weighted by Gasteiger charge is 2.28. The molecule has 0 atom stereocenters. The molecule has 0 radical (unpaired) electrons. The number of aliphatic carboxylic acids is 1. The zero-order valence-electron chi connectivity index (χ0n) is 14.0. The summed E-state index contributed by atoms with van der Waals surface area (Å²) in [4.78, 5) is 11.3. The third-order valence-electron chi connectivity index (χ3n) is 4.28. The van der Waals surface area contributed by atoms with Gasteiger partial charge in [-0.25, -0.2) is 18.0 Å². The Morgan fingerprint density at radius 3 is 2.11 bits per heavy atom. The molecule has 0 fully saturated rings. The Bertz CT molecular complexity index is 1050. The minimum atomic E-state index is -1.49. The van der Waals surface area contributed by atoms with Crippen LogP contribution in [0.25, 0.3) is 16.7 Å². The monoisotopic (exact) mass is 368 g/mol. The average molecular weight is 368 g/mol. The Balaban J connectivity index is 2.28. The van der Waals surface area contributed by atoms with Gasteiger partial charge in [-0.05, 0) is 28.8 Å². The summed E-state index contributed by atoms with van der Waals surface area (Å²) < 4.78 is 44.4. The van der Waals surface area contributed by atoms with E-state index < -0.39 is 51.5 Å². The third-order valence-corrected chi connectivity index (χ3v) is 4.28. The molecule has 3 N–H and O–H groups in total. The maximum atomic E-state index is 14.9. The first-order valence-corrected chi connectivity index (χ1v) is 7.81. The number of carboxylic acids is 1. The zero-order chi connectivity index (χ0) is 19.9. The highest BCUT2D eigenvalue weighted by Crippen LogP contribution is 2.32. The molecule has 0 saturated heterocycles. The van der Waals surface area contributed by atoms with E-state index in [1.165, 1.54) is 20.0 Å². The molecule has 3 rings (SSSR count). The van der Waals surface area contributed by atoms with Gasteiger partial charge < -0.3 is 5.11 Å². The van der Waals surface area contributed by atoms with E-state index in [0.29, 0.717) is 0 Å². The van der Waals surface area contributed by atoms with Crippen molar-refractivity contribution in [3.63, 3.8) is 0 Å². The molecule has 0 aromatic heterocycles. The molecule has 0 heterocycles. The van der Waals surface area contributed by atoms with Crippen molar-refractivity contribution in [1.29, 1.82) is 10.8 Å². The first kappa shape index (κ1) is 18.4. The molecular weight excluding hydrogens is 356 g/mol. The topological polar surface area (TPSA) is 85.0 Å². The minimum absolute atomic E-state index is 0.162. The smallest absolute Gasteiger partial charge is 0.337 e. The number of carboxylic acid groups (broad SMARTS) is 1. The fraction of sp³-hybridized carbons (Fsp3) is 0. The van der Waals surface area contributed by atoms with Gasteiger partial charge in [-0.3, -0.25) is 10.8 Å². The lowest BCUT2D eigenvalue weighted by atomic mass is 9.80. The average Bonchev–Trinajstić information content (AvgIpc) is 2.64. The van der Waals surface area contributed by atoms with E-state index in [-0.39, 0.29) is 16.6 Å². The van der Waals surface area contributed by atoms with Crippen LogP contribution >= 0.6 is 0 Å². The van der Waals surface area contributed by atoms with Crippen LogP contribution in [-0.2, 0) is 4.79 Å². The molecule has 0 unspecified atom stereocenters. The van der Waals surface area contributed by atoms with Crippen molar-refractivity contribution >= 4 is 36.3 Å². The van der Waals surface area contributed by atoms with Crippen LogP contribution in [0.1, 0.15) is 5.56 Å². The minimum Gasteiger partial charge on any atom is -0.478 e. The quantitative estimate of drug-likeness (QED) is 0.442. The highest BCUT2D eigenvalue weighted by molar-refractivity contribution is 6.56.